The predicted octanol–water partition coefficient (Wildman–Crippen LogP) is 4.18. The summed E-state index contributed by atoms with van der Waals surface area (Å²) in [5.41, 5.74) is 5.13. The molecule has 3 heterocycles. The summed E-state index contributed by atoms with van der Waals surface area (Å²) in [5, 5.41) is 5.05. The van der Waals surface area contributed by atoms with Crippen molar-refractivity contribution in [2.24, 2.45) is 5.92 Å². The molecule has 4 aromatic rings. The Morgan fingerprint density at radius 2 is 1.89 bits per heavy atom. The van der Waals surface area contributed by atoms with Crippen molar-refractivity contribution >= 4 is 33.8 Å². The number of aryl methyl sites for hydroxylation is 3. The second kappa shape index (κ2) is 9.95. The molecule has 1 atom stereocenters. The third-order valence-corrected chi connectivity index (χ3v) is 7.09. The fourth-order valence-electron chi connectivity index (χ4n) is 4.07. The highest BCUT2D eigenvalue weighted by Crippen LogP contribution is 2.27. The van der Waals surface area contributed by atoms with Gasteiger partial charge in [-0.1, -0.05) is 13.0 Å². The van der Waals surface area contributed by atoms with E-state index in [9.17, 15) is 9.59 Å². The first kappa shape index (κ1) is 24.5. The standard InChI is InChI=1S/C26H30N6O2S/c1-15(25(33)31(5)6)13-32-14-29-22-8-7-19(9-21(22)26(32)34)20-10-23(16(2)27-11-20)28-12-24-17(3)30-18(4)35-24/h7-11,14-15,28H,12-13H2,1-6H3/t15-/m0/s1. The Kier molecular flexibility index (Phi) is 6.98. The monoisotopic (exact) mass is 490 g/mol. The number of rotatable bonds is 7. The summed E-state index contributed by atoms with van der Waals surface area (Å²) < 4.78 is 1.51. The molecule has 0 bridgehead atoms. The molecule has 0 saturated carbocycles. The number of carbonyl (C=O) groups excluding carboxylic acids is 1. The number of anilines is 1. The number of amides is 1. The van der Waals surface area contributed by atoms with Gasteiger partial charge in [0.05, 0.1) is 51.8 Å². The van der Waals surface area contributed by atoms with Crippen molar-refractivity contribution in [3.63, 3.8) is 0 Å². The second-order valence-corrected chi connectivity index (χ2v) is 10.3. The molecule has 0 aliphatic heterocycles. The summed E-state index contributed by atoms with van der Waals surface area (Å²) in [6, 6.07) is 7.71. The van der Waals surface area contributed by atoms with Crippen molar-refractivity contribution < 1.29 is 4.79 Å². The van der Waals surface area contributed by atoms with Crippen LogP contribution in [0.15, 0.2) is 41.6 Å². The maximum atomic E-state index is 13.2. The van der Waals surface area contributed by atoms with E-state index in [1.807, 2.05) is 52.1 Å². The quantitative estimate of drug-likeness (QED) is 0.418. The molecule has 1 aromatic carbocycles. The number of aromatic nitrogens is 4. The van der Waals surface area contributed by atoms with Crippen LogP contribution < -0.4 is 10.9 Å². The number of hydrogen-bond acceptors (Lipinski definition) is 7. The largest absolute Gasteiger partial charge is 0.379 e. The van der Waals surface area contributed by atoms with Crippen LogP contribution in [-0.2, 0) is 17.9 Å². The van der Waals surface area contributed by atoms with Crippen LogP contribution in [0.25, 0.3) is 22.0 Å². The van der Waals surface area contributed by atoms with E-state index >= 15 is 0 Å². The lowest BCUT2D eigenvalue weighted by Crippen LogP contribution is -2.33. The van der Waals surface area contributed by atoms with Crippen molar-refractivity contribution in [2.45, 2.75) is 40.8 Å². The summed E-state index contributed by atoms with van der Waals surface area (Å²) in [5.74, 6) is -0.355. The lowest BCUT2D eigenvalue weighted by molar-refractivity contribution is -0.132. The van der Waals surface area contributed by atoms with Crippen molar-refractivity contribution in [1.82, 2.24) is 24.4 Å². The molecule has 9 heteroatoms. The number of thiazole rings is 1. The van der Waals surface area contributed by atoms with E-state index in [-0.39, 0.29) is 23.9 Å². The molecule has 1 amide bonds. The van der Waals surface area contributed by atoms with Crippen LogP contribution in [0.4, 0.5) is 5.69 Å². The Morgan fingerprint density at radius 3 is 2.57 bits per heavy atom. The summed E-state index contributed by atoms with van der Waals surface area (Å²) in [6.45, 7) is 8.78. The molecule has 182 valence electrons. The molecule has 0 fully saturated rings. The SMILES string of the molecule is Cc1nc(C)c(CNc2cc(-c3ccc4ncn(C[C@H](C)C(=O)N(C)C)c(=O)c4c3)cnc2C)s1. The van der Waals surface area contributed by atoms with Crippen molar-refractivity contribution in [2.75, 3.05) is 19.4 Å². The summed E-state index contributed by atoms with van der Waals surface area (Å²) in [7, 11) is 3.43. The van der Waals surface area contributed by atoms with Gasteiger partial charge in [-0.25, -0.2) is 9.97 Å². The fourth-order valence-corrected chi connectivity index (χ4v) is 4.94. The first-order valence-electron chi connectivity index (χ1n) is 11.5. The zero-order chi connectivity index (χ0) is 25.3. The van der Waals surface area contributed by atoms with Gasteiger partial charge in [0.1, 0.15) is 0 Å². The third kappa shape index (κ3) is 5.24. The van der Waals surface area contributed by atoms with Gasteiger partial charge in [0, 0.05) is 37.3 Å². The Labute approximate surface area is 208 Å². The summed E-state index contributed by atoms with van der Waals surface area (Å²) in [6.07, 6.45) is 3.33. The van der Waals surface area contributed by atoms with Gasteiger partial charge in [-0.15, -0.1) is 11.3 Å². The lowest BCUT2D eigenvalue weighted by atomic mass is 10.0. The molecule has 0 radical (unpaired) electrons. The fraction of sp³-hybridized carbons (Fsp3) is 0.346. The zero-order valence-electron chi connectivity index (χ0n) is 20.9. The molecular weight excluding hydrogens is 460 g/mol. The molecular formula is C26H30N6O2S. The van der Waals surface area contributed by atoms with E-state index < -0.39 is 0 Å². The molecule has 1 N–H and O–H groups in total. The Morgan fingerprint density at radius 1 is 1.11 bits per heavy atom. The van der Waals surface area contributed by atoms with Crippen LogP contribution in [0.5, 0.6) is 0 Å². The first-order chi connectivity index (χ1) is 16.6. The second-order valence-electron chi connectivity index (χ2n) is 9.02. The number of carbonyl (C=O) groups is 1. The molecule has 0 saturated heterocycles. The van der Waals surface area contributed by atoms with Crippen molar-refractivity contribution in [1.29, 1.82) is 0 Å². The van der Waals surface area contributed by atoms with Crippen LogP contribution in [0, 0.1) is 26.7 Å². The number of benzene rings is 1. The number of nitrogens with zero attached hydrogens (tertiary/aromatic N) is 5. The van der Waals surface area contributed by atoms with Gasteiger partial charge >= 0.3 is 0 Å². The first-order valence-corrected chi connectivity index (χ1v) is 12.3. The van der Waals surface area contributed by atoms with Crippen molar-refractivity contribution in [3.8, 4) is 11.1 Å². The van der Waals surface area contributed by atoms with E-state index in [4.69, 9.17) is 0 Å². The molecule has 0 aliphatic rings. The molecule has 8 nitrogen and oxygen atoms in total. The summed E-state index contributed by atoms with van der Waals surface area (Å²) in [4.78, 5) is 41.7. The topological polar surface area (TPSA) is 93.0 Å². The van der Waals surface area contributed by atoms with E-state index in [0.717, 1.165) is 33.2 Å². The minimum absolute atomic E-state index is 0.0276. The van der Waals surface area contributed by atoms with Crippen molar-refractivity contribution in [3.05, 3.63) is 68.4 Å². The minimum atomic E-state index is -0.328. The van der Waals surface area contributed by atoms with Crippen LogP contribution in [0.1, 0.15) is 28.2 Å². The van der Waals surface area contributed by atoms with Gasteiger partial charge in [0.15, 0.2) is 0 Å². The molecule has 4 rings (SSSR count). The van der Waals surface area contributed by atoms with Crippen LogP contribution in [0.3, 0.4) is 0 Å². The van der Waals surface area contributed by atoms with Crippen LogP contribution in [0.2, 0.25) is 0 Å². The van der Waals surface area contributed by atoms with Crippen LogP contribution >= 0.6 is 11.3 Å². The average molecular weight is 491 g/mol. The number of hydrogen-bond donors (Lipinski definition) is 1. The van der Waals surface area contributed by atoms with Crippen LogP contribution in [-0.4, -0.2) is 44.4 Å². The highest BCUT2D eigenvalue weighted by Gasteiger charge is 2.17. The third-order valence-electron chi connectivity index (χ3n) is 6.02. The Hall–Kier alpha value is -3.59. The smallest absolute Gasteiger partial charge is 0.261 e. The highest BCUT2D eigenvalue weighted by molar-refractivity contribution is 7.11. The Balaban J connectivity index is 1.63. The summed E-state index contributed by atoms with van der Waals surface area (Å²) >= 11 is 1.69. The average Bonchev–Trinajstić information content (AvgIpc) is 3.16. The van der Waals surface area contributed by atoms with Gasteiger partial charge in [-0.05, 0) is 44.5 Å². The lowest BCUT2D eigenvalue weighted by Gasteiger charge is -2.17. The number of nitrogens with one attached hydrogen (secondary N) is 1. The van der Waals surface area contributed by atoms with Gasteiger partial charge in [-0.3, -0.25) is 19.1 Å². The van der Waals surface area contributed by atoms with E-state index in [2.05, 4.69) is 26.3 Å². The van der Waals surface area contributed by atoms with E-state index in [1.165, 1.54) is 20.7 Å². The van der Waals surface area contributed by atoms with Gasteiger partial charge in [0.2, 0.25) is 5.91 Å². The number of fused-ring (bicyclic) bond motifs is 1. The zero-order valence-corrected chi connectivity index (χ0v) is 21.7. The molecule has 0 aliphatic carbocycles. The maximum Gasteiger partial charge on any atom is 0.261 e. The normalized spacial score (nSPS) is 12.1. The van der Waals surface area contributed by atoms with Gasteiger partial charge < -0.3 is 10.2 Å². The maximum absolute atomic E-state index is 13.2. The molecule has 3 aromatic heterocycles. The highest BCUT2D eigenvalue weighted by atomic mass is 32.1. The molecule has 0 spiro atoms. The van der Waals surface area contributed by atoms with Gasteiger partial charge in [0.25, 0.3) is 5.56 Å². The Bertz CT molecular complexity index is 1460. The predicted molar refractivity (Wildman–Crippen MR) is 141 cm³/mol. The molecule has 0 unspecified atom stereocenters. The number of pyridine rings is 1. The van der Waals surface area contributed by atoms with E-state index in [0.29, 0.717) is 17.4 Å². The minimum Gasteiger partial charge on any atom is -0.379 e. The van der Waals surface area contributed by atoms with E-state index in [1.54, 1.807) is 25.4 Å². The van der Waals surface area contributed by atoms with Gasteiger partial charge in [-0.2, -0.15) is 0 Å². The molecule has 35 heavy (non-hydrogen) atoms.